The molecular weight excluding hydrogens is 505 g/mol. The first-order valence-electron chi connectivity index (χ1n) is 11.4. The molecule has 0 saturated carbocycles. The number of nitrogens with one attached hydrogen (secondary N) is 2. The van der Waals surface area contributed by atoms with Crippen LogP contribution in [0.25, 0.3) is 0 Å². The van der Waals surface area contributed by atoms with Crippen LogP contribution in [0.2, 0.25) is 0 Å². The second kappa shape index (κ2) is 13.7. The van der Waals surface area contributed by atoms with Crippen LogP contribution in [0.4, 0.5) is 5.82 Å². The normalized spacial score (nSPS) is 18.7. The zero-order valence-corrected chi connectivity index (χ0v) is 21.0. The minimum atomic E-state index is -0.256. The van der Waals surface area contributed by atoms with Gasteiger partial charge in [-0.3, -0.25) is 9.69 Å². The monoisotopic (exact) mass is 543 g/mol. The summed E-state index contributed by atoms with van der Waals surface area (Å²) in [7, 11) is 0. The fraction of sp³-hybridized carbons (Fsp3) is 0.682. The van der Waals surface area contributed by atoms with Crippen LogP contribution in [0.5, 0.6) is 0 Å². The lowest BCUT2D eigenvalue weighted by Gasteiger charge is -2.32. The Morgan fingerprint density at radius 2 is 1.90 bits per heavy atom. The summed E-state index contributed by atoms with van der Waals surface area (Å²) in [6.07, 6.45) is 8.99. The van der Waals surface area contributed by atoms with Gasteiger partial charge in [-0.25, -0.2) is 9.98 Å². The van der Waals surface area contributed by atoms with Crippen LogP contribution in [0.1, 0.15) is 51.0 Å². The molecule has 2 aliphatic heterocycles. The Labute approximate surface area is 203 Å². The molecule has 1 aromatic heterocycles. The predicted molar refractivity (Wildman–Crippen MR) is 137 cm³/mol. The lowest BCUT2D eigenvalue weighted by atomic mass is 10.1. The molecule has 0 bridgehead atoms. The highest BCUT2D eigenvalue weighted by Gasteiger charge is 2.20. The van der Waals surface area contributed by atoms with E-state index in [4.69, 9.17) is 10.7 Å². The van der Waals surface area contributed by atoms with Crippen molar-refractivity contribution in [3.63, 3.8) is 0 Å². The summed E-state index contributed by atoms with van der Waals surface area (Å²) >= 11 is 0. The molecule has 0 radical (unpaired) electrons. The Balaban J connectivity index is 0.00000341. The molecule has 0 unspecified atom stereocenters. The van der Waals surface area contributed by atoms with Crippen molar-refractivity contribution in [2.45, 2.75) is 58.0 Å². The molecule has 3 rings (SSSR count). The maximum Gasteiger partial charge on any atom is 0.231 e. The van der Waals surface area contributed by atoms with Crippen LogP contribution in [0.3, 0.4) is 0 Å². The average molecular weight is 543 g/mol. The van der Waals surface area contributed by atoms with Gasteiger partial charge in [0.25, 0.3) is 0 Å². The van der Waals surface area contributed by atoms with Crippen molar-refractivity contribution >= 4 is 41.7 Å². The molecule has 8 nitrogen and oxygen atoms in total. The average Bonchev–Trinajstić information content (AvgIpc) is 3.03. The summed E-state index contributed by atoms with van der Waals surface area (Å²) in [5, 5.41) is 6.91. The van der Waals surface area contributed by atoms with Gasteiger partial charge in [-0.15, -0.1) is 24.0 Å². The SMILES string of the molecule is CCNC(=NCc1ccnc(N2CCCCCC2)c1)NC1CCN(CC(N)=O)CC1.I. The standard InChI is InChI=1S/C22H37N7O.HI/c1-2-24-22(27-19-8-13-28(14-9-19)17-20(23)30)26-16-18-7-10-25-21(15-18)29-11-5-3-4-6-12-29;/h7,10,15,19H,2-6,8-9,11-14,16-17H2,1H3,(H2,23,30)(H2,24,26,27);1H. The highest BCUT2D eigenvalue weighted by Crippen LogP contribution is 2.18. The molecule has 2 saturated heterocycles. The van der Waals surface area contributed by atoms with Crippen molar-refractivity contribution in [3.8, 4) is 0 Å². The topological polar surface area (TPSA) is 98.9 Å². The number of carbonyl (C=O) groups is 1. The van der Waals surface area contributed by atoms with E-state index in [0.29, 0.717) is 19.1 Å². The molecule has 1 amide bonds. The third-order valence-corrected chi connectivity index (χ3v) is 5.81. The Bertz CT molecular complexity index is 699. The molecule has 0 aromatic carbocycles. The van der Waals surface area contributed by atoms with E-state index in [0.717, 1.165) is 57.3 Å². The van der Waals surface area contributed by atoms with Gasteiger partial charge in [-0.1, -0.05) is 12.8 Å². The zero-order valence-electron chi connectivity index (χ0n) is 18.7. The molecule has 2 aliphatic rings. The number of likely N-dealkylation sites (tertiary alicyclic amines) is 1. The molecule has 0 atom stereocenters. The van der Waals surface area contributed by atoms with Crippen molar-refractivity contribution in [1.82, 2.24) is 20.5 Å². The zero-order chi connectivity index (χ0) is 21.2. The molecule has 1 aromatic rings. The molecule has 9 heteroatoms. The largest absolute Gasteiger partial charge is 0.369 e. The van der Waals surface area contributed by atoms with E-state index in [1.54, 1.807) is 0 Å². The molecule has 0 spiro atoms. The number of nitrogens with two attached hydrogens (primary N) is 1. The van der Waals surface area contributed by atoms with E-state index in [9.17, 15) is 4.79 Å². The van der Waals surface area contributed by atoms with Crippen LogP contribution < -0.4 is 21.3 Å². The van der Waals surface area contributed by atoms with Gasteiger partial charge >= 0.3 is 0 Å². The van der Waals surface area contributed by atoms with Crippen LogP contribution >= 0.6 is 24.0 Å². The third kappa shape index (κ3) is 8.80. The Morgan fingerprint density at radius 1 is 1.19 bits per heavy atom. The number of hydrogen-bond donors (Lipinski definition) is 3. The number of pyridine rings is 1. The third-order valence-electron chi connectivity index (χ3n) is 5.81. The van der Waals surface area contributed by atoms with Gasteiger partial charge in [-0.2, -0.15) is 0 Å². The number of anilines is 1. The Hall–Kier alpha value is -1.62. The molecule has 4 N–H and O–H groups in total. The Kier molecular flexibility index (Phi) is 11.3. The Morgan fingerprint density at radius 3 is 2.55 bits per heavy atom. The first-order chi connectivity index (χ1) is 14.6. The van der Waals surface area contributed by atoms with Gasteiger partial charge in [-0.05, 0) is 50.3 Å². The minimum absolute atomic E-state index is 0. The first-order valence-corrected chi connectivity index (χ1v) is 11.4. The van der Waals surface area contributed by atoms with E-state index in [2.05, 4.69) is 44.5 Å². The van der Waals surface area contributed by atoms with Crippen molar-refractivity contribution in [3.05, 3.63) is 23.9 Å². The number of aliphatic imine (C=N–C) groups is 1. The predicted octanol–water partition coefficient (Wildman–Crippen LogP) is 2.08. The summed E-state index contributed by atoms with van der Waals surface area (Å²) < 4.78 is 0. The number of rotatable bonds is 7. The van der Waals surface area contributed by atoms with Gasteiger partial charge in [0.1, 0.15) is 5.82 Å². The molecule has 174 valence electrons. The van der Waals surface area contributed by atoms with Crippen LogP contribution in [0, 0.1) is 0 Å². The molecule has 0 aliphatic carbocycles. The number of piperidine rings is 1. The molecular formula is C22H38IN7O. The highest BCUT2D eigenvalue weighted by atomic mass is 127. The van der Waals surface area contributed by atoms with Crippen LogP contribution in [-0.4, -0.2) is 67.1 Å². The van der Waals surface area contributed by atoms with Crippen molar-refractivity contribution in [2.24, 2.45) is 10.7 Å². The van der Waals surface area contributed by atoms with E-state index >= 15 is 0 Å². The van der Waals surface area contributed by atoms with Gasteiger partial charge < -0.3 is 21.3 Å². The number of carbonyl (C=O) groups excluding carboxylic acids is 1. The van der Waals surface area contributed by atoms with Crippen molar-refractivity contribution in [2.75, 3.05) is 44.2 Å². The second-order valence-corrected chi connectivity index (χ2v) is 8.28. The summed E-state index contributed by atoms with van der Waals surface area (Å²) in [5.74, 6) is 1.66. The fourth-order valence-corrected chi connectivity index (χ4v) is 4.17. The maximum atomic E-state index is 11.1. The van der Waals surface area contributed by atoms with E-state index in [1.807, 2.05) is 6.20 Å². The van der Waals surface area contributed by atoms with Gasteiger partial charge in [0.2, 0.25) is 5.91 Å². The molecule has 3 heterocycles. The number of hydrogen-bond acceptors (Lipinski definition) is 5. The second-order valence-electron chi connectivity index (χ2n) is 8.28. The summed E-state index contributed by atoms with van der Waals surface area (Å²) in [5.41, 5.74) is 6.48. The number of nitrogens with zero attached hydrogens (tertiary/aromatic N) is 4. The van der Waals surface area contributed by atoms with E-state index < -0.39 is 0 Å². The van der Waals surface area contributed by atoms with E-state index in [-0.39, 0.29) is 29.9 Å². The lowest BCUT2D eigenvalue weighted by molar-refractivity contribution is -0.119. The molecule has 31 heavy (non-hydrogen) atoms. The molecule has 2 fully saturated rings. The van der Waals surface area contributed by atoms with Crippen molar-refractivity contribution < 1.29 is 4.79 Å². The summed E-state index contributed by atoms with van der Waals surface area (Å²) in [6.45, 7) is 7.82. The summed E-state index contributed by atoms with van der Waals surface area (Å²) in [4.78, 5) is 25.0. The number of aromatic nitrogens is 1. The fourth-order valence-electron chi connectivity index (χ4n) is 4.17. The summed E-state index contributed by atoms with van der Waals surface area (Å²) in [6, 6.07) is 4.59. The number of primary amides is 1. The highest BCUT2D eigenvalue weighted by molar-refractivity contribution is 14.0. The number of guanidine groups is 1. The van der Waals surface area contributed by atoms with Crippen LogP contribution in [-0.2, 0) is 11.3 Å². The minimum Gasteiger partial charge on any atom is -0.369 e. The smallest absolute Gasteiger partial charge is 0.231 e. The number of halogens is 1. The lowest BCUT2D eigenvalue weighted by Crippen LogP contribution is -2.49. The van der Waals surface area contributed by atoms with Gasteiger partial charge in [0.15, 0.2) is 5.96 Å². The first kappa shape index (κ1) is 25.6. The van der Waals surface area contributed by atoms with Gasteiger partial charge in [0, 0.05) is 45.0 Å². The van der Waals surface area contributed by atoms with Crippen molar-refractivity contribution in [1.29, 1.82) is 0 Å². The van der Waals surface area contributed by atoms with E-state index in [1.165, 1.54) is 31.2 Å². The number of amides is 1. The quantitative estimate of drug-likeness (QED) is 0.277. The maximum absolute atomic E-state index is 11.1. The van der Waals surface area contributed by atoms with Gasteiger partial charge in [0.05, 0.1) is 13.1 Å². The van der Waals surface area contributed by atoms with Crippen LogP contribution in [0.15, 0.2) is 23.3 Å².